The van der Waals surface area contributed by atoms with E-state index >= 15 is 0 Å². The fourth-order valence-electron chi connectivity index (χ4n) is 1.53. The predicted molar refractivity (Wildman–Crippen MR) is 40.4 cm³/mol. The molecule has 2 nitrogen and oxygen atoms in total. The summed E-state index contributed by atoms with van der Waals surface area (Å²) >= 11 is 0. The summed E-state index contributed by atoms with van der Waals surface area (Å²) in [6, 6.07) is 0.414. The maximum atomic E-state index is 10.9. The van der Waals surface area contributed by atoms with Gasteiger partial charge in [-0.05, 0) is 6.42 Å². The number of likely N-dealkylation sites (tertiary alicyclic amines) is 1. The van der Waals surface area contributed by atoms with Crippen LogP contribution in [0.2, 0.25) is 0 Å². The first-order valence-electron chi connectivity index (χ1n) is 3.82. The molecule has 1 aliphatic heterocycles. The first kappa shape index (κ1) is 7.58. The minimum Gasteiger partial charge on any atom is -0.370 e. The van der Waals surface area contributed by atoms with Crippen LogP contribution in [-0.2, 0) is 4.79 Å². The lowest BCUT2D eigenvalue weighted by atomic mass is 10.2. The van der Waals surface area contributed by atoms with Gasteiger partial charge in [-0.2, -0.15) is 6.92 Å². The smallest absolute Gasteiger partial charge is 0.217 e. The summed E-state index contributed by atoms with van der Waals surface area (Å²) in [5, 5.41) is 0. The maximum Gasteiger partial charge on any atom is 0.217 e. The minimum atomic E-state index is 0.209. The topological polar surface area (TPSA) is 20.3 Å². The van der Waals surface area contributed by atoms with E-state index in [2.05, 4.69) is 6.42 Å². The predicted octanol–water partition coefficient (Wildman–Crippen LogP) is 1.22. The molecule has 1 unspecified atom stereocenters. The summed E-state index contributed by atoms with van der Waals surface area (Å²) in [5.41, 5.74) is 0. The third-order valence-corrected chi connectivity index (χ3v) is 2.09. The van der Waals surface area contributed by atoms with Crippen LogP contribution < -0.4 is 0 Å². The number of hydrogen-bond donors (Lipinski definition) is 0. The van der Waals surface area contributed by atoms with Gasteiger partial charge in [-0.15, -0.1) is 0 Å². The van der Waals surface area contributed by atoms with E-state index < -0.39 is 0 Å². The van der Waals surface area contributed by atoms with Gasteiger partial charge in [0.25, 0.3) is 0 Å². The van der Waals surface area contributed by atoms with Crippen molar-refractivity contribution in [3.63, 3.8) is 0 Å². The van der Waals surface area contributed by atoms with Crippen molar-refractivity contribution < 1.29 is 4.79 Å². The molecule has 0 saturated carbocycles. The second-order valence-corrected chi connectivity index (χ2v) is 2.76. The Balaban J connectivity index is 2.50. The zero-order valence-corrected chi connectivity index (χ0v) is 6.63. The van der Waals surface area contributed by atoms with Crippen molar-refractivity contribution in [3.05, 3.63) is 6.42 Å². The summed E-state index contributed by atoms with van der Waals surface area (Å²) in [6.07, 6.45) is 4.42. The van der Waals surface area contributed by atoms with Crippen LogP contribution in [0.1, 0.15) is 26.7 Å². The Morgan fingerprint density at radius 1 is 1.70 bits per heavy atom. The normalized spacial score (nSPS) is 25.4. The lowest BCUT2D eigenvalue weighted by Crippen LogP contribution is -2.33. The molecule has 58 valence electrons. The number of amides is 1. The van der Waals surface area contributed by atoms with Crippen molar-refractivity contribution in [2.24, 2.45) is 0 Å². The molecule has 0 bridgehead atoms. The molecule has 2 heteroatoms. The molecule has 0 N–H and O–H groups in total. The highest BCUT2D eigenvalue weighted by atomic mass is 16.2. The van der Waals surface area contributed by atoms with Crippen LogP contribution in [0.3, 0.4) is 0 Å². The van der Waals surface area contributed by atoms with Gasteiger partial charge < -0.3 is 11.3 Å². The van der Waals surface area contributed by atoms with E-state index in [4.69, 9.17) is 0 Å². The number of nitrogens with zero attached hydrogens (tertiary/aromatic N) is 1. The standard InChI is InChI=1S/C8H14NO/c1-3-8-5-4-6-9(8)7(2)10/h3,8H,4-6H2,1-2H3/q-1. The number of hydrogen-bond acceptors (Lipinski definition) is 1. The zero-order chi connectivity index (χ0) is 7.56. The minimum absolute atomic E-state index is 0.209. The summed E-state index contributed by atoms with van der Waals surface area (Å²) < 4.78 is 0. The van der Waals surface area contributed by atoms with Crippen LogP contribution in [0, 0.1) is 6.42 Å². The number of rotatable bonds is 1. The van der Waals surface area contributed by atoms with Crippen LogP contribution in [-0.4, -0.2) is 23.4 Å². The second-order valence-electron chi connectivity index (χ2n) is 2.76. The summed E-state index contributed by atoms with van der Waals surface area (Å²) in [4.78, 5) is 12.9. The van der Waals surface area contributed by atoms with Crippen molar-refractivity contribution in [2.45, 2.75) is 32.7 Å². The summed E-state index contributed by atoms with van der Waals surface area (Å²) in [6.45, 7) is 4.61. The molecule has 0 aromatic carbocycles. The van der Waals surface area contributed by atoms with Gasteiger partial charge in [-0.3, -0.25) is 4.79 Å². The van der Waals surface area contributed by atoms with Crippen molar-refractivity contribution in [1.29, 1.82) is 0 Å². The van der Waals surface area contributed by atoms with Gasteiger partial charge in [0.1, 0.15) is 0 Å². The highest BCUT2D eigenvalue weighted by Crippen LogP contribution is 2.18. The molecular formula is C8H14NO-. The van der Waals surface area contributed by atoms with E-state index in [9.17, 15) is 4.79 Å². The fraction of sp³-hybridized carbons (Fsp3) is 0.750. The van der Waals surface area contributed by atoms with Crippen molar-refractivity contribution in [3.8, 4) is 0 Å². The third-order valence-electron chi connectivity index (χ3n) is 2.09. The zero-order valence-electron chi connectivity index (χ0n) is 6.63. The lowest BCUT2D eigenvalue weighted by Gasteiger charge is -2.28. The van der Waals surface area contributed by atoms with Gasteiger partial charge in [-0.25, -0.2) is 0 Å². The van der Waals surface area contributed by atoms with Crippen LogP contribution in [0.4, 0.5) is 0 Å². The monoisotopic (exact) mass is 140 g/mol. The van der Waals surface area contributed by atoms with Gasteiger partial charge in [0.2, 0.25) is 5.91 Å². The van der Waals surface area contributed by atoms with E-state index in [0.717, 1.165) is 19.4 Å². The molecule has 0 aromatic heterocycles. The molecule has 1 fully saturated rings. The molecule has 10 heavy (non-hydrogen) atoms. The first-order valence-corrected chi connectivity index (χ1v) is 3.82. The van der Waals surface area contributed by atoms with E-state index in [1.807, 2.05) is 11.8 Å². The summed E-state index contributed by atoms with van der Waals surface area (Å²) in [5.74, 6) is 0.209. The van der Waals surface area contributed by atoms with Gasteiger partial charge >= 0.3 is 0 Å². The molecule has 0 spiro atoms. The first-order chi connectivity index (χ1) is 4.75. The van der Waals surface area contributed by atoms with Crippen LogP contribution >= 0.6 is 0 Å². The Kier molecular flexibility index (Phi) is 2.30. The van der Waals surface area contributed by atoms with Crippen molar-refractivity contribution in [2.75, 3.05) is 6.54 Å². The third kappa shape index (κ3) is 1.31. The Morgan fingerprint density at radius 3 is 2.80 bits per heavy atom. The molecule has 1 rings (SSSR count). The van der Waals surface area contributed by atoms with E-state index in [0.29, 0.717) is 6.04 Å². The van der Waals surface area contributed by atoms with Crippen molar-refractivity contribution in [1.82, 2.24) is 4.90 Å². The molecule has 0 aliphatic carbocycles. The largest absolute Gasteiger partial charge is 0.370 e. The Hall–Kier alpha value is -0.530. The van der Waals surface area contributed by atoms with Crippen LogP contribution in [0.5, 0.6) is 0 Å². The van der Waals surface area contributed by atoms with Gasteiger partial charge in [0.05, 0.1) is 0 Å². The fourth-order valence-corrected chi connectivity index (χ4v) is 1.53. The molecule has 1 atom stereocenters. The second kappa shape index (κ2) is 3.04. The van der Waals surface area contributed by atoms with Gasteiger partial charge in [0, 0.05) is 13.5 Å². The highest BCUT2D eigenvalue weighted by molar-refractivity contribution is 5.74. The van der Waals surface area contributed by atoms with Gasteiger partial charge in [-0.1, -0.05) is 12.5 Å². The molecule has 1 saturated heterocycles. The van der Waals surface area contributed by atoms with E-state index in [1.165, 1.54) is 0 Å². The van der Waals surface area contributed by atoms with Crippen molar-refractivity contribution >= 4 is 5.91 Å². The van der Waals surface area contributed by atoms with Crippen LogP contribution in [0.15, 0.2) is 0 Å². The summed E-state index contributed by atoms with van der Waals surface area (Å²) in [7, 11) is 0. The van der Waals surface area contributed by atoms with E-state index in [-0.39, 0.29) is 5.91 Å². The Bertz CT molecular complexity index is 133. The average molecular weight is 140 g/mol. The van der Waals surface area contributed by atoms with Crippen LogP contribution in [0.25, 0.3) is 0 Å². The SMILES string of the molecule is C[CH-]C1CCCN1C(C)=O. The molecular weight excluding hydrogens is 126 g/mol. The number of carbonyl (C=O) groups is 1. The highest BCUT2D eigenvalue weighted by Gasteiger charge is 2.18. The average Bonchev–Trinajstić information content (AvgIpc) is 2.33. The molecule has 1 aliphatic rings. The molecule has 0 aromatic rings. The molecule has 1 heterocycles. The molecule has 0 radical (unpaired) electrons. The maximum absolute atomic E-state index is 10.9. The van der Waals surface area contributed by atoms with E-state index in [1.54, 1.807) is 6.92 Å². The van der Waals surface area contributed by atoms with Gasteiger partial charge in [0.15, 0.2) is 0 Å². The molecule has 1 amide bonds. The quantitative estimate of drug-likeness (QED) is 0.501. The number of carbonyl (C=O) groups excluding carboxylic acids is 1. The lowest BCUT2D eigenvalue weighted by molar-refractivity contribution is -0.129. The Labute approximate surface area is 62.2 Å². The Morgan fingerprint density at radius 2 is 2.40 bits per heavy atom.